The smallest absolute Gasteiger partial charge is 0.249 e. The van der Waals surface area contributed by atoms with E-state index >= 15 is 0 Å². The number of benzene rings is 2. The number of hydrogen-bond acceptors (Lipinski definition) is 6. The van der Waals surface area contributed by atoms with Crippen LogP contribution in [0.4, 0.5) is 11.4 Å². The highest BCUT2D eigenvalue weighted by Gasteiger charge is 2.33. The van der Waals surface area contributed by atoms with E-state index in [-0.39, 0.29) is 0 Å². The Morgan fingerprint density at radius 3 is 2.68 bits per heavy atom. The Labute approximate surface area is 167 Å². The van der Waals surface area contributed by atoms with E-state index in [9.17, 15) is 9.59 Å². The highest BCUT2D eigenvalue weighted by Crippen LogP contribution is 2.43. The van der Waals surface area contributed by atoms with E-state index in [0.717, 1.165) is 12.1 Å². The second-order valence-corrected chi connectivity index (χ2v) is 7.47. The Hall–Kier alpha value is -2.83. The fourth-order valence-corrected chi connectivity index (χ4v) is 3.53. The Morgan fingerprint density at radius 2 is 1.89 bits per heavy atom. The molecule has 6 nitrogen and oxygen atoms in total. The zero-order valence-corrected chi connectivity index (χ0v) is 16.3. The zero-order chi connectivity index (χ0) is 19.8. The summed E-state index contributed by atoms with van der Waals surface area (Å²) >= 11 is 6.15. The molecule has 0 fully saturated rings. The van der Waals surface area contributed by atoms with Crippen LogP contribution in [0.3, 0.4) is 0 Å². The number of nitrogens with one attached hydrogen (secondary N) is 2. The second-order valence-electron chi connectivity index (χ2n) is 7.03. The number of halogens is 1. The number of nitrogens with zero attached hydrogens (tertiary/aromatic N) is 1. The van der Waals surface area contributed by atoms with E-state index < -0.39 is 16.9 Å². The third-order valence-electron chi connectivity index (χ3n) is 4.79. The van der Waals surface area contributed by atoms with Crippen LogP contribution in [0, 0.1) is 0 Å². The minimum absolute atomic E-state index is 0.365. The van der Waals surface area contributed by atoms with Gasteiger partial charge in [0, 0.05) is 23.7 Å². The standard InChI is InChI=1S/C21H20ClN3O3/c1-25(2)10-9-23-19-17(20(26)21(19)27)18-13-5-3-4-6-15(13)28-16-8-7-12(22)11-14(16)24-18/h3-8,11,18,23-24H,9-10H2,1-2H3. The van der Waals surface area contributed by atoms with Crippen molar-refractivity contribution in [2.75, 3.05) is 37.8 Å². The van der Waals surface area contributed by atoms with Crippen LogP contribution < -0.4 is 26.2 Å². The first-order valence-corrected chi connectivity index (χ1v) is 9.38. The summed E-state index contributed by atoms with van der Waals surface area (Å²) in [4.78, 5) is 26.7. The van der Waals surface area contributed by atoms with Crippen molar-refractivity contribution in [2.24, 2.45) is 0 Å². The van der Waals surface area contributed by atoms with E-state index in [1.165, 1.54) is 0 Å². The molecule has 0 radical (unpaired) electrons. The van der Waals surface area contributed by atoms with Crippen LogP contribution in [0.25, 0.3) is 0 Å². The molecule has 28 heavy (non-hydrogen) atoms. The molecule has 0 bridgehead atoms. The molecule has 0 spiro atoms. The zero-order valence-electron chi connectivity index (χ0n) is 15.6. The molecule has 2 N–H and O–H groups in total. The van der Waals surface area contributed by atoms with Crippen LogP contribution in [0.1, 0.15) is 17.2 Å². The van der Waals surface area contributed by atoms with Crippen LogP contribution in [0.5, 0.6) is 11.5 Å². The van der Waals surface area contributed by atoms with E-state index in [1.807, 2.05) is 43.3 Å². The van der Waals surface area contributed by atoms with Gasteiger partial charge in [0.25, 0.3) is 0 Å². The highest BCUT2D eigenvalue weighted by atomic mass is 35.5. The van der Waals surface area contributed by atoms with Crippen molar-refractivity contribution in [1.29, 1.82) is 0 Å². The molecular weight excluding hydrogens is 378 g/mol. The first kappa shape index (κ1) is 18.5. The molecule has 1 aliphatic rings. The number of hydrogen-bond donors (Lipinski definition) is 2. The molecule has 1 aliphatic heterocycles. The second kappa shape index (κ2) is 7.30. The van der Waals surface area contributed by atoms with E-state index in [0.29, 0.717) is 40.0 Å². The van der Waals surface area contributed by atoms with Gasteiger partial charge < -0.3 is 20.3 Å². The Morgan fingerprint density at radius 1 is 1.11 bits per heavy atom. The fraction of sp³-hybridized carbons (Fsp3) is 0.238. The molecule has 1 unspecified atom stereocenters. The molecule has 0 aromatic heterocycles. The maximum atomic E-state index is 12.5. The lowest BCUT2D eigenvalue weighted by molar-refractivity contribution is 0.425. The summed E-state index contributed by atoms with van der Waals surface area (Å²) in [5, 5.41) is 7.02. The minimum Gasteiger partial charge on any atom is -0.455 e. The molecule has 0 amide bonds. The van der Waals surface area contributed by atoms with Crippen LogP contribution in [-0.2, 0) is 0 Å². The van der Waals surface area contributed by atoms with E-state index in [1.54, 1.807) is 18.2 Å². The molecule has 0 saturated carbocycles. The third kappa shape index (κ3) is 3.25. The van der Waals surface area contributed by atoms with Gasteiger partial charge in [-0.05, 0) is 38.4 Å². The van der Waals surface area contributed by atoms with Gasteiger partial charge in [-0.25, -0.2) is 0 Å². The number of para-hydroxylation sites is 1. The van der Waals surface area contributed by atoms with Gasteiger partial charge in [-0.15, -0.1) is 0 Å². The average Bonchev–Trinajstić information content (AvgIpc) is 2.83. The fourth-order valence-electron chi connectivity index (χ4n) is 3.36. The lowest BCUT2D eigenvalue weighted by Crippen LogP contribution is -2.42. The average molecular weight is 398 g/mol. The van der Waals surface area contributed by atoms with Crippen molar-refractivity contribution >= 4 is 23.0 Å². The molecule has 0 aliphatic carbocycles. The van der Waals surface area contributed by atoms with Crippen LogP contribution >= 0.6 is 11.6 Å². The summed E-state index contributed by atoms with van der Waals surface area (Å²) in [7, 11) is 3.90. The number of rotatable bonds is 5. The van der Waals surface area contributed by atoms with Crippen molar-refractivity contribution < 1.29 is 4.74 Å². The quantitative estimate of drug-likeness (QED) is 0.644. The predicted octanol–water partition coefficient (Wildman–Crippen LogP) is 3.22. The van der Waals surface area contributed by atoms with Gasteiger partial charge >= 0.3 is 0 Å². The van der Waals surface area contributed by atoms with Crippen molar-refractivity contribution in [2.45, 2.75) is 6.04 Å². The van der Waals surface area contributed by atoms with Gasteiger partial charge in [0.15, 0.2) is 5.75 Å². The minimum atomic E-state index is -0.511. The van der Waals surface area contributed by atoms with Gasteiger partial charge in [-0.2, -0.15) is 0 Å². The normalized spacial score (nSPS) is 15.4. The predicted molar refractivity (Wildman–Crippen MR) is 112 cm³/mol. The highest BCUT2D eigenvalue weighted by molar-refractivity contribution is 6.30. The van der Waals surface area contributed by atoms with Crippen molar-refractivity contribution in [3.05, 3.63) is 79.1 Å². The van der Waals surface area contributed by atoms with Gasteiger partial charge in [-0.1, -0.05) is 29.8 Å². The largest absolute Gasteiger partial charge is 0.455 e. The summed E-state index contributed by atoms with van der Waals surface area (Å²) in [5.41, 5.74) is 1.28. The summed E-state index contributed by atoms with van der Waals surface area (Å²) in [6.45, 7) is 1.31. The summed E-state index contributed by atoms with van der Waals surface area (Å²) in [5.74, 6) is 1.24. The maximum absolute atomic E-state index is 12.5. The Balaban J connectivity index is 1.78. The molecule has 7 heteroatoms. The molecule has 0 saturated heterocycles. The van der Waals surface area contributed by atoms with E-state index in [4.69, 9.17) is 16.3 Å². The monoisotopic (exact) mass is 397 g/mol. The molecule has 1 heterocycles. The Bertz CT molecular complexity index is 1100. The molecule has 144 valence electrons. The lowest BCUT2D eigenvalue weighted by atomic mass is 9.92. The van der Waals surface area contributed by atoms with Gasteiger partial charge in [0.2, 0.25) is 10.9 Å². The number of fused-ring (bicyclic) bond motifs is 2. The maximum Gasteiger partial charge on any atom is 0.249 e. The number of ether oxygens (including phenoxy) is 1. The van der Waals surface area contributed by atoms with Crippen LogP contribution in [0.15, 0.2) is 52.1 Å². The summed E-state index contributed by atoms with van der Waals surface area (Å²) in [6.07, 6.45) is 0. The number of likely N-dealkylation sites (N-methyl/N-ethyl adjacent to an activating group) is 1. The molecule has 3 aromatic rings. The van der Waals surface area contributed by atoms with Crippen LogP contribution in [-0.4, -0.2) is 32.1 Å². The summed E-state index contributed by atoms with van der Waals surface area (Å²) in [6, 6.07) is 12.3. The van der Waals surface area contributed by atoms with E-state index in [2.05, 4.69) is 10.6 Å². The SMILES string of the molecule is CN(C)CCNc1c(C2Nc3cc(Cl)ccc3Oc3ccccc32)c(=O)c1=O. The van der Waals surface area contributed by atoms with Gasteiger partial charge in [-0.3, -0.25) is 9.59 Å². The molecule has 3 aromatic carbocycles. The molecular formula is C21H20ClN3O3. The third-order valence-corrected chi connectivity index (χ3v) is 5.02. The number of anilines is 2. The first-order valence-electron chi connectivity index (χ1n) is 9.00. The Kier molecular flexibility index (Phi) is 4.83. The van der Waals surface area contributed by atoms with Gasteiger partial charge in [0.05, 0.1) is 23.0 Å². The van der Waals surface area contributed by atoms with Crippen molar-refractivity contribution in [1.82, 2.24) is 4.90 Å². The molecule has 4 rings (SSSR count). The lowest BCUT2D eigenvalue weighted by Gasteiger charge is -2.24. The van der Waals surface area contributed by atoms with Crippen molar-refractivity contribution in [3.63, 3.8) is 0 Å². The van der Waals surface area contributed by atoms with Crippen molar-refractivity contribution in [3.8, 4) is 11.5 Å². The summed E-state index contributed by atoms with van der Waals surface area (Å²) < 4.78 is 6.05. The molecule has 1 atom stereocenters. The first-order chi connectivity index (χ1) is 13.5. The van der Waals surface area contributed by atoms with Crippen LogP contribution in [0.2, 0.25) is 5.02 Å². The van der Waals surface area contributed by atoms with Gasteiger partial charge in [0.1, 0.15) is 5.75 Å². The topological polar surface area (TPSA) is 70.7 Å².